The number of carbonyl (C=O) groups excluding carboxylic acids is 9. The van der Waals surface area contributed by atoms with Gasteiger partial charge in [-0.3, -0.25) is 48.2 Å². The van der Waals surface area contributed by atoms with Crippen LogP contribution in [0.1, 0.15) is 88.4 Å². The maximum absolute atomic E-state index is 14.3. The summed E-state index contributed by atoms with van der Waals surface area (Å²) in [6, 6.07) is 34.9. The van der Waals surface area contributed by atoms with Gasteiger partial charge in [0.15, 0.2) is 11.5 Å². The maximum atomic E-state index is 14.3. The van der Waals surface area contributed by atoms with Crippen LogP contribution in [0.3, 0.4) is 0 Å². The number of nitrogens with zero attached hydrogens (tertiary/aromatic N) is 5. The molecule has 0 bridgehead atoms. The minimum atomic E-state index is -1.51. The predicted octanol–water partition coefficient (Wildman–Crippen LogP) is 7.77. The first-order valence-corrected chi connectivity index (χ1v) is 32.0. The molecule has 506 valence electrons. The molecule has 1 aliphatic carbocycles. The molecule has 1 saturated carbocycles. The highest BCUT2D eigenvalue weighted by Crippen LogP contribution is 2.37. The zero-order chi connectivity index (χ0) is 69.9. The highest BCUT2D eigenvalue weighted by atomic mass is 35.5. The number of halogens is 4. The zero-order valence-corrected chi connectivity index (χ0v) is 55.8. The van der Waals surface area contributed by atoms with Crippen LogP contribution in [0.5, 0.6) is 11.5 Å². The molecular weight excluding hydrogens is 1330 g/mol. The maximum Gasteiger partial charge on any atom is 0.335 e. The number of methoxy groups -OCH3 is 2. The van der Waals surface area contributed by atoms with Gasteiger partial charge < -0.3 is 51.3 Å². The summed E-state index contributed by atoms with van der Waals surface area (Å²) in [5.41, 5.74) is 6.48. The number of hydrogen-bond donors (Lipinski definition) is 8. The predicted molar refractivity (Wildman–Crippen MR) is 367 cm³/mol. The van der Waals surface area contributed by atoms with Crippen molar-refractivity contribution in [2.45, 2.75) is 69.9 Å². The topological polar surface area (TPSA) is 337 Å². The lowest BCUT2D eigenvalue weighted by Crippen LogP contribution is -2.51. The van der Waals surface area contributed by atoms with E-state index >= 15 is 0 Å². The number of benzodiazepines with no additional fused rings is 2. The summed E-state index contributed by atoms with van der Waals surface area (Å²) < 4.78 is 10.3. The number of ether oxygens (including phenoxy) is 2. The highest BCUT2D eigenvalue weighted by Gasteiger charge is 2.37. The molecule has 9 rings (SSSR count). The fourth-order valence-electron chi connectivity index (χ4n) is 10.9. The third-order valence-electron chi connectivity index (χ3n) is 15.7. The van der Waals surface area contributed by atoms with Crippen molar-refractivity contribution in [3.05, 3.63) is 187 Å². The molecule has 0 aromatic heterocycles. The number of urea groups is 1. The molecule has 25 nitrogen and oxygen atoms in total. The number of anilines is 2. The van der Waals surface area contributed by atoms with Crippen molar-refractivity contribution in [3.63, 3.8) is 0 Å². The molecule has 97 heavy (non-hydrogen) atoms. The van der Waals surface area contributed by atoms with Crippen molar-refractivity contribution < 1.29 is 62.5 Å². The number of para-hydroxylation sites is 2. The molecule has 0 radical (unpaired) electrons. The molecule has 0 spiro atoms. The normalized spacial score (nSPS) is 17.1. The van der Waals surface area contributed by atoms with E-state index in [1.165, 1.54) is 49.6 Å². The first-order chi connectivity index (χ1) is 46.6. The summed E-state index contributed by atoms with van der Waals surface area (Å²) in [5.74, 6) is -4.70. The van der Waals surface area contributed by atoms with E-state index in [0.717, 1.165) is 30.6 Å². The summed E-state index contributed by atoms with van der Waals surface area (Å²) in [6.07, 6.45) is 1.81. The number of nitrogens with one attached hydrogen (secondary N) is 7. The van der Waals surface area contributed by atoms with Gasteiger partial charge in [0.2, 0.25) is 30.1 Å². The number of hydrogen-bond acceptors (Lipinski definition) is 15. The second-order valence-electron chi connectivity index (χ2n) is 22.2. The van der Waals surface area contributed by atoms with Crippen molar-refractivity contribution in [2.24, 2.45) is 26.9 Å². The molecule has 6 aromatic carbocycles. The Morgan fingerprint density at radius 3 is 1.45 bits per heavy atom. The van der Waals surface area contributed by atoms with E-state index in [1.807, 2.05) is 43.3 Å². The number of aliphatic carboxylic acids is 1. The summed E-state index contributed by atoms with van der Waals surface area (Å²) in [6.45, 7) is 1.28. The van der Waals surface area contributed by atoms with Gasteiger partial charge in [-0.25, -0.2) is 20.2 Å². The number of rotatable bonds is 23. The molecule has 0 saturated heterocycles. The number of aldehydes is 1. The average molecular weight is 1400 g/mol. The third-order valence-corrected chi connectivity index (χ3v) is 16.8. The van der Waals surface area contributed by atoms with Gasteiger partial charge in [-0.2, -0.15) is 5.10 Å². The fourth-order valence-corrected chi connectivity index (χ4v) is 12.1. The molecule has 4 atom stereocenters. The number of carboxylic acid groups (broad SMARTS) is 1. The minimum Gasteiger partial charge on any atom is -0.494 e. The van der Waals surface area contributed by atoms with Crippen LogP contribution in [0.15, 0.2) is 149 Å². The van der Waals surface area contributed by atoms with Crippen LogP contribution in [0, 0.1) is 11.8 Å². The standard InChI is InChI=1S/C39H44Cl2N8O6.C29H24Cl2N4O7/c1-4-27(21-44-48-39(54)43-20-23-14-16-25(17-15-23)36(51)42-2)45-32(50)22-49-31-13-9-8-12-28(31)33(24-10-6-5-7-11-24)46-35(38(49)53)47-37(52)26-18-29(40)34(55-3)30(41)19-26;1-42-26-20(30)11-17(12-21(26)31)28(40)34-27-29(41)35(14-23(37)32-18(15-36)13-24(38)39)22-10-6-5-9-19(22)25(33-27)16-7-3-2-4-8-16/h5-13,18-19,21,23,25,27,35H,4,14-17,20,22H2,1-3H3,(H,42,51)(H,45,50)(H,47,52)(H2,43,48,54);2-12,15,18,27H,13-14H2,1H3,(H,32,37)(H,34,40)(H,38,39)/b44-21+;/t23?,25?,27-,35?;18-,27?/m00/s1. The Labute approximate surface area is 577 Å². The van der Waals surface area contributed by atoms with Gasteiger partial charge in [0.05, 0.1) is 75.6 Å². The van der Waals surface area contributed by atoms with E-state index in [2.05, 4.69) is 47.4 Å². The van der Waals surface area contributed by atoms with E-state index < -0.39 is 91.4 Å². The lowest BCUT2D eigenvalue weighted by Gasteiger charge is -2.27. The van der Waals surface area contributed by atoms with E-state index in [1.54, 1.807) is 79.8 Å². The molecule has 1 fully saturated rings. The minimum absolute atomic E-state index is 0.0146. The van der Waals surface area contributed by atoms with Crippen molar-refractivity contribution >= 4 is 135 Å². The van der Waals surface area contributed by atoms with Crippen LogP contribution in [0.25, 0.3) is 0 Å². The third kappa shape index (κ3) is 18.8. The molecule has 2 aliphatic heterocycles. The average Bonchev–Trinajstić information content (AvgIpc) is 1.67. The largest absolute Gasteiger partial charge is 0.494 e. The molecule has 2 unspecified atom stereocenters. The summed E-state index contributed by atoms with van der Waals surface area (Å²) in [4.78, 5) is 140. The number of amides is 9. The molecule has 3 aliphatic rings. The van der Waals surface area contributed by atoms with Crippen LogP contribution in [-0.4, -0.2) is 148 Å². The molecule has 2 heterocycles. The van der Waals surface area contributed by atoms with Crippen LogP contribution in [-0.2, 0) is 33.6 Å². The highest BCUT2D eigenvalue weighted by molar-refractivity contribution is 6.38. The molecule has 8 N–H and O–H groups in total. The SMILES string of the molecule is CC[C@@H](/C=N/NC(=O)NCC1CCC(C(=O)NC)CC1)NC(=O)CN1C(=O)C(NC(=O)c2cc(Cl)c(OC)c(Cl)c2)N=C(c2ccccc2)c2ccccc21.COc1c(Cl)cc(C(=O)NC2N=C(c3ccccc3)c3ccccc3N(CC(=O)N[C@H](C=O)CC(=O)O)C2=O)cc1Cl. The van der Waals surface area contributed by atoms with Crippen molar-refractivity contribution in [2.75, 3.05) is 50.7 Å². The smallest absolute Gasteiger partial charge is 0.335 e. The van der Waals surface area contributed by atoms with E-state index in [0.29, 0.717) is 64.3 Å². The Hall–Kier alpha value is -10.2. The second-order valence-corrected chi connectivity index (χ2v) is 23.8. The summed E-state index contributed by atoms with van der Waals surface area (Å²) in [5, 5.41) is 29.4. The Morgan fingerprint density at radius 1 is 0.629 bits per heavy atom. The Balaban J connectivity index is 0.000000257. The van der Waals surface area contributed by atoms with Gasteiger partial charge in [0.25, 0.3) is 23.6 Å². The van der Waals surface area contributed by atoms with E-state index in [-0.39, 0.29) is 60.5 Å². The summed E-state index contributed by atoms with van der Waals surface area (Å²) >= 11 is 25.0. The molecule has 6 aromatic rings. The van der Waals surface area contributed by atoms with Gasteiger partial charge in [-0.1, -0.05) is 150 Å². The van der Waals surface area contributed by atoms with Crippen molar-refractivity contribution in [1.29, 1.82) is 0 Å². The molecule has 29 heteroatoms. The number of carbonyl (C=O) groups is 10. The van der Waals surface area contributed by atoms with Gasteiger partial charge in [-0.15, -0.1) is 0 Å². The number of fused-ring (bicyclic) bond motifs is 2. The van der Waals surface area contributed by atoms with Gasteiger partial charge >= 0.3 is 12.0 Å². The first-order valence-electron chi connectivity index (χ1n) is 30.5. The van der Waals surface area contributed by atoms with Crippen molar-refractivity contribution in [1.82, 2.24) is 37.3 Å². The van der Waals surface area contributed by atoms with Crippen LogP contribution in [0.4, 0.5) is 16.2 Å². The van der Waals surface area contributed by atoms with Crippen LogP contribution in [0.2, 0.25) is 20.1 Å². The Morgan fingerprint density at radius 2 is 1.05 bits per heavy atom. The lowest BCUT2D eigenvalue weighted by atomic mass is 9.81. The number of hydrazone groups is 1. The van der Waals surface area contributed by atoms with Gasteiger partial charge in [0.1, 0.15) is 19.4 Å². The quantitative estimate of drug-likeness (QED) is 0.0173. The Kier molecular flexibility index (Phi) is 25.8. The van der Waals surface area contributed by atoms with E-state index in [9.17, 15) is 47.9 Å². The fraction of sp³-hybridized carbons (Fsp3) is 0.279. The molecule has 9 amide bonds. The Bertz CT molecular complexity index is 4000. The van der Waals surface area contributed by atoms with Crippen molar-refractivity contribution in [3.8, 4) is 11.5 Å². The zero-order valence-electron chi connectivity index (χ0n) is 52.8. The number of carboxylic acids is 1. The first kappa shape index (κ1) is 72.6. The van der Waals surface area contributed by atoms with Crippen LogP contribution < -0.4 is 56.6 Å². The summed E-state index contributed by atoms with van der Waals surface area (Å²) in [7, 11) is 4.41. The van der Waals surface area contributed by atoms with Gasteiger partial charge in [0, 0.05) is 59.1 Å². The molecular formula is C68H68Cl4N12O13. The number of aliphatic imine (C=N–C) groups is 2. The van der Waals surface area contributed by atoms with Gasteiger partial charge in [-0.05, 0) is 74.4 Å². The lowest BCUT2D eigenvalue weighted by molar-refractivity contribution is -0.139. The van der Waals surface area contributed by atoms with Crippen LogP contribution >= 0.6 is 46.4 Å². The monoisotopic (exact) mass is 1400 g/mol. The second kappa shape index (κ2) is 34.5. The number of benzene rings is 6. The van der Waals surface area contributed by atoms with E-state index in [4.69, 9.17) is 66.0 Å².